The van der Waals surface area contributed by atoms with Gasteiger partial charge in [-0.15, -0.1) is 0 Å². The highest BCUT2D eigenvalue weighted by atomic mass is 28.2. The van der Waals surface area contributed by atoms with Gasteiger partial charge in [0, 0.05) is 5.69 Å². The van der Waals surface area contributed by atoms with Gasteiger partial charge in [0.05, 0.1) is 6.61 Å². The smallest absolute Gasteiger partial charge is 0.124 e. The molecule has 0 aliphatic heterocycles. The predicted octanol–water partition coefficient (Wildman–Crippen LogP) is 1.32. The highest BCUT2D eigenvalue weighted by molar-refractivity contribution is 6.68. The van der Waals surface area contributed by atoms with Crippen molar-refractivity contribution in [1.82, 2.24) is 0 Å². The van der Waals surface area contributed by atoms with E-state index >= 15 is 0 Å². The Bertz CT molecular complexity index is 482. The first-order chi connectivity index (χ1) is 8.29. The third-order valence-electron chi connectivity index (χ3n) is 2.41. The molecule has 0 amide bonds. The van der Waals surface area contributed by atoms with Gasteiger partial charge in [-0.05, 0) is 30.3 Å². The third kappa shape index (κ3) is 3.11. The van der Waals surface area contributed by atoms with Gasteiger partial charge in [0.25, 0.3) is 0 Å². The first-order valence-electron chi connectivity index (χ1n) is 5.64. The minimum Gasteiger partial charge on any atom is -0.494 e. The monoisotopic (exact) mass is 241 g/mol. The van der Waals surface area contributed by atoms with E-state index < -0.39 is 0 Å². The van der Waals surface area contributed by atoms with Crippen molar-refractivity contribution in [3.8, 4) is 5.75 Å². The van der Waals surface area contributed by atoms with E-state index in [0.717, 1.165) is 11.4 Å². The highest BCUT2D eigenvalue weighted by Gasteiger charge is 2.02. The van der Waals surface area contributed by atoms with Crippen molar-refractivity contribution < 1.29 is 4.74 Å². The van der Waals surface area contributed by atoms with E-state index in [1.165, 1.54) is 10.4 Å². The molecule has 0 unspecified atom stereocenters. The number of nitrogen functional groups attached to an aromatic ring is 1. The van der Waals surface area contributed by atoms with Gasteiger partial charge in [0.2, 0.25) is 0 Å². The lowest BCUT2D eigenvalue weighted by atomic mass is 10.3. The van der Waals surface area contributed by atoms with Gasteiger partial charge in [-0.25, -0.2) is 0 Å². The van der Waals surface area contributed by atoms with Crippen LogP contribution in [0.2, 0.25) is 0 Å². The van der Waals surface area contributed by atoms with Crippen LogP contribution in [0.4, 0.5) is 5.69 Å². The molecular weight excluding hydrogens is 226 g/mol. The third-order valence-corrected chi connectivity index (χ3v) is 3.75. The van der Waals surface area contributed by atoms with Crippen LogP contribution in [0, 0.1) is 0 Å². The Kier molecular flexibility index (Phi) is 3.83. The topological polar surface area (TPSA) is 35.2 Å². The van der Waals surface area contributed by atoms with E-state index in [9.17, 15) is 0 Å². The normalized spacial score (nSPS) is 10.2. The van der Waals surface area contributed by atoms with Crippen LogP contribution in [0.5, 0.6) is 5.75 Å². The van der Waals surface area contributed by atoms with E-state index in [-0.39, 0.29) is 0 Å². The summed E-state index contributed by atoms with van der Waals surface area (Å²) in [6.45, 7) is 2.69. The Labute approximate surface area is 104 Å². The molecule has 2 radical (unpaired) electrons. The molecule has 0 aliphatic carbocycles. The second-order valence-electron chi connectivity index (χ2n) is 3.67. The maximum Gasteiger partial charge on any atom is 0.124 e. The van der Waals surface area contributed by atoms with Crippen LogP contribution >= 0.6 is 0 Å². The minimum atomic E-state index is 0.593. The summed E-state index contributed by atoms with van der Waals surface area (Å²) >= 11 is 0. The lowest BCUT2D eigenvalue weighted by molar-refractivity contribution is 0.340. The Morgan fingerprint density at radius 1 is 1.06 bits per heavy atom. The zero-order chi connectivity index (χ0) is 12.1. The van der Waals surface area contributed by atoms with E-state index in [1.807, 2.05) is 37.3 Å². The zero-order valence-corrected chi connectivity index (χ0v) is 10.8. The van der Waals surface area contributed by atoms with Gasteiger partial charge in [-0.2, -0.15) is 0 Å². The average molecular weight is 241 g/mol. The molecule has 0 aliphatic rings. The van der Waals surface area contributed by atoms with Crippen molar-refractivity contribution in [1.29, 1.82) is 0 Å². The molecule has 0 saturated carbocycles. The molecule has 2 rings (SSSR count). The van der Waals surface area contributed by atoms with Crippen molar-refractivity contribution in [2.75, 3.05) is 12.3 Å². The number of ether oxygens (including phenoxy) is 1. The number of anilines is 1. The highest BCUT2D eigenvalue weighted by Crippen LogP contribution is 2.06. The summed E-state index contributed by atoms with van der Waals surface area (Å²) in [5.74, 6) is 0.919. The molecule has 0 atom stereocenters. The minimum absolute atomic E-state index is 0.593. The Hall–Kier alpha value is -1.74. The van der Waals surface area contributed by atoms with Crippen LogP contribution in [0.3, 0.4) is 0 Å². The van der Waals surface area contributed by atoms with Gasteiger partial charge in [-0.3, -0.25) is 0 Å². The molecule has 0 bridgehead atoms. The number of para-hydroxylation sites is 1. The molecule has 17 heavy (non-hydrogen) atoms. The van der Waals surface area contributed by atoms with E-state index in [1.54, 1.807) is 0 Å². The molecule has 0 fully saturated rings. The molecule has 0 heterocycles. The molecule has 0 spiro atoms. The summed E-state index contributed by atoms with van der Waals surface area (Å²) in [5.41, 5.74) is 6.79. The zero-order valence-electron chi connectivity index (χ0n) is 9.81. The second kappa shape index (κ2) is 5.55. The van der Waals surface area contributed by atoms with Crippen LogP contribution in [-0.2, 0) is 0 Å². The number of nitrogens with two attached hydrogens (primary N) is 1. The molecule has 0 saturated heterocycles. The van der Waals surface area contributed by atoms with Crippen LogP contribution in [0.15, 0.2) is 48.5 Å². The van der Waals surface area contributed by atoms with Crippen LogP contribution in [0.25, 0.3) is 0 Å². The number of benzene rings is 2. The standard InChI is InChI=1S/C14H15NOSi/c1-2-16-11-7-9-12(10-8-11)17-14-6-4-3-5-13(14)15/h3-10H,2,15H2,1H3. The summed E-state index contributed by atoms with van der Waals surface area (Å²) in [5, 5.41) is 2.46. The average Bonchev–Trinajstić information content (AvgIpc) is 2.35. The van der Waals surface area contributed by atoms with Gasteiger partial charge in [0.15, 0.2) is 0 Å². The Morgan fingerprint density at radius 3 is 2.41 bits per heavy atom. The fourth-order valence-corrected chi connectivity index (χ4v) is 2.62. The van der Waals surface area contributed by atoms with Crippen molar-refractivity contribution in [3.05, 3.63) is 48.5 Å². The Morgan fingerprint density at radius 2 is 1.76 bits per heavy atom. The van der Waals surface area contributed by atoms with Crippen LogP contribution < -0.4 is 20.8 Å². The van der Waals surface area contributed by atoms with Crippen molar-refractivity contribution in [3.63, 3.8) is 0 Å². The second-order valence-corrected chi connectivity index (χ2v) is 5.04. The van der Waals surface area contributed by atoms with Crippen LogP contribution in [-0.4, -0.2) is 16.1 Å². The molecule has 86 valence electrons. The Balaban J connectivity index is 2.11. The lowest BCUT2D eigenvalue weighted by Crippen LogP contribution is -2.28. The first kappa shape index (κ1) is 11.7. The summed E-state index contributed by atoms with van der Waals surface area (Å²) in [6, 6.07) is 16.2. The fraction of sp³-hybridized carbons (Fsp3) is 0.143. The number of hydrogen-bond acceptors (Lipinski definition) is 2. The number of hydrogen-bond donors (Lipinski definition) is 1. The molecule has 0 aromatic heterocycles. The molecule has 2 aromatic rings. The van der Waals surface area contributed by atoms with Gasteiger partial charge >= 0.3 is 0 Å². The van der Waals surface area contributed by atoms with Crippen molar-refractivity contribution in [2.45, 2.75) is 6.92 Å². The molecule has 3 heteroatoms. The fourth-order valence-electron chi connectivity index (χ4n) is 1.57. The summed E-state index contributed by atoms with van der Waals surface area (Å²) in [6.07, 6.45) is 0. The molecule has 2 N–H and O–H groups in total. The molecular formula is C14H15NOSi. The van der Waals surface area contributed by atoms with Gasteiger partial charge in [-0.1, -0.05) is 35.5 Å². The van der Waals surface area contributed by atoms with Gasteiger partial charge < -0.3 is 10.5 Å². The van der Waals surface area contributed by atoms with Crippen molar-refractivity contribution >= 4 is 25.6 Å². The summed E-state index contributed by atoms with van der Waals surface area (Å²) in [4.78, 5) is 0. The van der Waals surface area contributed by atoms with E-state index in [4.69, 9.17) is 10.5 Å². The molecule has 2 aromatic carbocycles. The van der Waals surface area contributed by atoms with E-state index in [0.29, 0.717) is 16.1 Å². The predicted molar refractivity (Wildman–Crippen MR) is 73.5 cm³/mol. The first-order valence-corrected chi connectivity index (χ1v) is 6.64. The maximum atomic E-state index is 5.93. The lowest BCUT2D eigenvalue weighted by Gasteiger charge is -2.06. The molecule has 2 nitrogen and oxygen atoms in total. The van der Waals surface area contributed by atoms with Gasteiger partial charge in [0.1, 0.15) is 15.3 Å². The largest absolute Gasteiger partial charge is 0.494 e. The number of rotatable bonds is 4. The van der Waals surface area contributed by atoms with E-state index in [2.05, 4.69) is 18.2 Å². The summed E-state index contributed by atoms with van der Waals surface area (Å²) in [7, 11) is 0.593. The maximum absolute atomic E-state index is 5.93. The quantitative estimate of drug-likeness (QED) is 0.647. The van der Waals surface area contributed by atoms with Crippen molar-refractivity contribution in [2.24, 2.45) is 0 Å². The van der Waals surface area contributed by atoms with Crippen LogP contribution in [0.1, 0.15) is 6.92 Å². The summed E-state index contributed by atoms with van der Waals surface area (Å²) < 4.78 is 5.41. The SMILES string of the molecule is CCOc1ccc([Si]c2ccccc2N)cc1.